The molecule has 1 fully saturated rings. The first-order valence-electron chi connectivity index (χ1n) is 9.66. The third-order valence-electron chi connectivity index (χ3n) is 5.36. The topological polar surface area (TPSA) is 72.4 Å². The Morgan fingerprint density at radius 1 is 1.11 bits per heavy atom. The maximum Gasteiger partial charge on any atom is 0.328 e. The molecular formula is C21H26N4O3. The normalized spacial score (nSPS) is 14.5. The number of piperidine rings is 1. The Morgan fingerprint density at radius 2 is 1.89 bits per heavy atom. The number of hydrogen-bond acceptors (Lipinski definition) is 5. The zero-order valence-electron chi connectivity index (χ0n) is 16.6. The van der Waals surface area contributed by atoms with Crippen LogP contribution < -0.4 is 20.1 Å². The van der Waals surface area contributed by atoms with Gasteiger partial charge in [0, 0.05) is 30.4 Å². The summed E-state index contributed by atoms with van der Waals surface area (Å²) in [6.07, 6.45) is 3.62. The van der Waals surface area contributed by atoms with E-state index in [2.05, 4.69) is 20.9 Å². The summed E-state index contributed by atoms with van der Waals surface area (Å²) in [5.41, 5.74) is 4.20. The van der Waals surface area contributed by atoms with E-state index in [1.54, 1.807) is 18.8 Å². The van der Waals surface area contributed by atoms with Crippen LogP contribution in [0.3, 0.4) is 0 Å². The number of aryl methyl sites for hydroxylation is 1. The molecule has 0 amide bonds. The number of aromatic nitrogens is 3. The van der Waals surface area contributed by atoms with Gasteiger partial charge in [0.25, 0.3) is 0 Å². The van der Waals surface area contributed by atoms with Crippen LogP contribution in [0.1, 0.15) is 30.5 Å². The van der Waals surface area contributed by atoms with Crippen LogP contribution in [0.5, 0.6) is 11.5 Å². The molecule has 7 nitrogen and oxygen atoms in total. The fourth-order valence-corrected chi connectivity index (χ4v) is 3.91. The van der Waals surface area contributed by atoms with Crippen LogP contribution in [0, 0.1) is 6.92 Å². The van der Waals surface area contributed by atoms with Crippen LogP contribution in [-0.2, 0) is 6.54 Å². The predicted molar refractivity (Wildman–Crippen MR) is 110 cm³/mol. The van der Waals surface area contributed by atoms with Gasteiger partial charge in [-0.15, -0.1) is 0 Å². The monoisotopic (exact) mass is 382 g/mol. The van der Waals surface area contributed by atoms with Crippen molar-refractivity contribution in [3.8, 4) is 11.5 Å². The van der Waals surface area contributed by atoms with Crippen molar-refractivity contribution < 1.29 is 9.47 Å². The number of benzene rings is 1. The standard InChI is InChI=1S/C21H26N4O3/c1-14-11-17(24-9-5-4-6-10-24)19-20(22-14)25(21(26)23-19)13-15-7-8-16(27-2)12-18(15)28-3/h7-8,11-12H,4-6,9-10,13H2,1-3H3,(H,23,26). The van der Waals surface area contributed by atoms with Gasteiger partial charge >= 0.3 is 5.69 Å². The van der Waals surface area contributed by atoms with Crippen LogP contribution >= 0.6 is 0 Å². The van der Waals surface area contributed by atoms with Crippen molar-refractivity contribution in [2.75, 3.05) is 32.2 Å². The van der Waals surface area contributed by atoms with E-state index in [1.807, 2.05) is 25.1 Å². The smallest absolute Gasteiger partial charge is 0.328 e. The van der Waals surface area contributed by atoms with E-state index in [9.17, 15) is 4.79 Å². The third-order valence-corrected chi connectivity index (χ3v) is 5.36. The molecule has 0 radical (unpaired) electrons. The molecule has 0 aliphatic carbocycles. The van der Waals surface area contributed by atoms with E-state index in [-0.39, 0.29) is 5.69 Å². The van der Waals surface area contributed by atoms with E-state index in [0.717, 1.165) is 35.6 Å². The Balaban J connectivity index is 1.79. The van der Waals surface area contributed by atoms with Gasteiger partial charge in [-0.25, -0.2) is 9.78 Å². The van der Waals surface area contributed by atoms with Crippen molar-refractivity contribution in [2.45, 2.75) is 32.7 Å². The minimum absolute atomic E-state index is 0.163. The SMILES string of the molecule is COc1ccc(Cn2c(=O)[nH]c3c(N4CCCCC4)cc(C)nc32)c(OC)c1. The summed E-state index contributed by atoms with van der Waals surface area (Å²) in [7, 11) is 3.24. The fraction of sp³-hybridized carbons (Fsp3) is 0.429. The van der Waals surface area contributed by atoms with Crippen LogP contribution in [0.25, 0.3) is 11.2 Å². The molecule has 1 saturated heterocycles. The molecule has 1 aromatic carbocycles. The molecule has 3 aromatic rings. The van der Waals surface area contributed by atoms with E-state index in [4.69, 9.17) is 9.47 Å². The molecule has 1 N–H and O–H groups in total. The van der Waals surface area contributed by atoms with E-state index in [1.165, 1.54) is 19.3 Å². The number of nitrogens with zero attached hydrogens (tertiary/aromatic N) is 3. The van der Waals surface area contributed by atoms with Crippen molar-refractivity contribution in [1.82, 2.24) is 14.5 Å². The number of pyridine rings is 1. The average Bonchev–Trinajstić information content (AvgIpc) is 3.03. The largest absolute Gasteiger partial charge is 0.497 e. The molecule has 0 atom stereocenters. The Kier molecular flexibility index (Phi) is 4.98. The molecule has 0 saturated carbocycles. The van der Waals surface area contributed by atoms with Crippen molar-refractivity contribution in [1.29, 1.82) is 0 Å². The number of aromatic amines is 1. The number of H-pyrrole nitrogens is 1. The number of anilines is 1. The average molecular weight is 382 g/mol. The number of nitrogens with one attached hydrogen (secondary N) is 1. The van der Waals surface area contributed by atoms with Gasteiger partial charge < -0.3 is 19.4 Å². The summed E-state index contributed by atoms with van der Waals surface area (Å²) in [6.45, 7) is 4.38. The summed E-state index contributed by atoms with van der Waals surface area (Å²) >= 11 is 0. The summed E-state index contributed by atoms with van der Waals surface area (Å²) in [5.74, 6) is 1.40. The molecule has 1 aliphatic rings. The zero-order valence-corrected chi connectivity index (χ0v) is 16.6. The number of methoxy groups -OCH3 is 2. The molecule has 3 heterocycles. The number of hydrogen-bond donors (Lipinski definition) is 1. The van der Waals surface area contributed by atoms with Gasteiger partial charge in [0.15, 0.2) is 5.65 Å². The Hall–Kier alpha value is -2.96. The Bertz CT molecular complexity index is 1050. The second-order valence-corrected chi connectivity index (χ2v) is 7.22. The molecule has 7 heteroatoms. The van der Waals surface area contributed by atoms with Crippen molar-refractivity contribution in [3.05, 3.63) is 46.0 Å². The first kappa shape index (κ1) is 18.4. The first-order chi connectivity index (χ1) is 13.6. The van der Waals surface area contributed by atoms with Crippen LogP contribution in [-0.4, -0.2) is 41.8 Å². The molecule has 0 unspecified atom stereocenters. The highest BCUT2D eigenvalue weighted by Crippen LogP contribution is 2.29. The van der Waals surface area contributed by atoms with Gasteiger partial charge in [-0.2, -0.15) is 0 Å². The zero-order chi connectivity index (χ0) is 19.7. The van der Waals surface area contributed by atoms with Gasteiger partial charge in [0.2, 0.25) is 0 Å². The highest BCUT2D eigenvalue weighted by Gasteiger charge is 2.19. The molecular weight excluding hydrogens is 356 g/mol. The lowest BCUT2D eigenvalue weighted by Crippen LogP contribution is -2.29. The number of ether oxygens (including phenoxy) is 2. The maximum atomic E-state index is 12.8. The second kappa shape index (κ2) is 7.58. The second-order valence-electron chi connectivity index (χ2n) is 7.22. The molecule has 148 valence electrons. The Labute approximate surface area is 163 Å². The molecule has 2 aromatic heterocycles. The van der Waals surface area contributed by atoms with Gasteiger partial charge in [0.1, 0.15) is 17.0 Å². The van der Waals surface area contributed by atoms with Gasteiger partial charge in [-0.05, 0) is 44.4 Å². The summed E-state index contributed by atoms with van der Waals surface area (Å²) in [6, 6.07) is 7.69. The third kappa shape index (κ3) is 3.32. The van der Waals surface area contributed by atoms with Crippen molar-refractivity contribution in [3.63, 3.8) is 0 Å². The quantitative estimate of drug-likeness (QED) is 0.734. The summed E-state index contributed by atoms with van der Waals surface area (Å²) < 4.78 is 12.4. The van der Waals surface area contributed by atoms with E-state index >= 15 is 0 Å². The lowest BCUT2D eigenvalue weighted by molar-refractivity contribution is 0.390. The van der Waals surface area contributed by atoms with Gasteiger partial charge in [-0.3, -0.25) is 4.57 Å². The van der Waals surface area contributed by atoms with E-state index < -0.39 is 0 Å². The maximum absolute atomic E-state index is 12.8. The summed E-state index contributed by atoms with van der Waals surface area (Å²) in [5, 5.41) is 0. The van der Waals surface area contributed by atoms with E-state index in [0.29, 0.717) is 23.7 Å². The molecule has 4 rings (SSSR count). The summed E-state index contributed by atoms with van der Waals surface area (Å²) in [4.78, 5) is 22.9. The van der Waals surface area contributed by atoms with Crippen molar-refractivity contribution >= 4 is 16.9 Å². The van der Waals surface area contributed by atoms with Crippen LogP contribution in [0.2, 0.25) is 0 Å². The Morgan fingerprint density at radius 3 is 2.61 bits per heavy atom. The lowest BCUT2D eigenvalue weighted by atomic mass is 10.1. The molecule has 1 aliphatic heterocycles. The van der Waals surface area contributed by atoms with Crippen LogP contribution in [0.15, 0.2) is 29.1 Å². The van der Waals surface area contributed by atoms with Gasteiger partial charge in [-0.1, -0.05) is 0 Å². The number of rotatable bonds is 5. The first-order valence-corrected chi connectivity index (χ1v) is 9.66. The number of fused-ring (bicyclic) bond motifs is 1. The highest BCUT2D eigenvalue weighted by atomic mass is 16.5. The molecule has 0 bridgehead atoms. The van der Waals surface area contributed by atoms with Crippen molar-refractivity contribution in [2.24, 2.45) is 0 Å². The lowest BCUT2D eigenvalue weighted by Gasteiger charge is -2.29. The minimum Gasteiger partial charge on any atom is -0.497 e. The fourth-order valence-electron chi connectivity index (χ4n) is 3.91. The number of imidazole rings is 1. The molecule has 28 heavy (non-hydrogen) atoms. The molecule has 0 spiro atoms. The predicted octanol–water partition coefficient (Wildman–Crippen LogP) is 3.09. The highest BCUT2D eigenvalue weighted by molar-refractivity contribution is 5.86. The van der Waals surface area contributed by atoms with Crippen LogP contribution in [0.4, 0.5) is 5.69 Å². The van der Waals surface area contributed by atoms with Gasteiger partial charge in [0.05, 0.1) is 26.5 Å². The minimum atomic E-state index is -0.163.